The summed E-state index contributed by atoms with van der Waals surface area (Å²) in [5.41, 5.74) is 1.25. The standard InChI is InChI=1S/C12H24O2Si/c1-8(2)15(9(3)4,10(5)6)11(7)12(13)14/h8-10H,7H2,1-6H3,(H,13,14). The van der Waals surface area contributed by atoms with E-state index in [4.69, 9.17) is 0 Å². The van der Waals surface area contributed by atoms with E-state index in [9.17, 15) is 9.90 Å². The maximum absolute atomic E-state index is 11.2. The number of hydrogen-bond acceptors (Lipinski definition) is 1. The Balaban J connectivity index is 5.53. The van der Waals surface area contributed by atoms with Crippen molar-refractivity contribution in [1.29, 1.82) is 0 Å². The van der Waals surface area contributed by atoms with Crippen LogP contribution in [0.3, 0.4) is 0 Å². The van der Waals surface area contributed by atoms with Gasteiger partial charge < -0.3 is 5.11 Å². The topological polar surface area (TPSA) is 37.3 Å². The molecular formula is C12H24O2Si. The quantitative estimate of drug-likeness (QED) is 0.573. The molecule has 0 saturated heterocycles. The van der Waals surface area contributed by atoms with Crippen LogP contribution in [0, 0.1) is 0 Å². The largest absolute Gasteiger partial charge is 0.478 e. The summed E-state index contributed by atoms with van der Waals surface area (Å²) in [6.45, 7) is 16.7. The molecule has 0 atom stereocenters. The van der Waals surface area contributed by atoms with Crippen molar-refractivity contribution in [2.24, 2.45) is 0 Å². The number of carboxylic acids is 1. The van der Waals surface area contributed by atoms with Gasteiger partial charge in [-0.3, -0.25) is 0 Å². The molecule has 0 fully saturated rings. The second kappa shape index (κ2) is 4.97. The SMILES string of the molecule is C=C(C(=O)O)[Si](C(C)C)(C(C)C)C(C)C. The third kappa shape index (κ3) is 2.33. The second-order valence-electron chi connectivity index (χ2n) is 5.18. The minimum absolute atomic E-state index is 0.418. The first-order valence-electron chi connectivity index (χ1n) is 5.61. The van der Waals surface area contributed by atoms with E-state index in [2.05, 4.69) is 48.1 Å². The predicted octanol–water partition coefficient (Wildman–Crippen LogP) is 3.85. The molecule has 1 N–H and O–H groups in total. The van der Waals surface area contributed by atoms with Gasteiger partial charge >= 0.3 is 5.97 Å². The highest BCUT2D eigenvalue weighted by Gasteiger charge is 2.47. The third-order valence-electron chi connectivity index (χ3n) is 3.65. The smallest absolute Gasteiger partial charge is 0.326 e. The molecule has 0 rings (SSSR count). The Morgan fingerprint density at radius 2 is 1.27 bits per heavy atom. The van der Waals surface area contributed by atoms with Gasteiger partial charge in [0, 0.05) is 5.20 Å². The number of aliphatic carboxylic acids is 1. The summed E-state index contributed by atoms with van der Waals surface area (Å²) in [5, 5.41) is 9.69. The van der Waals surface area contributed by atoms with Crippen LogP contribution in [-0.4, -0.2) is 19.1 Å². The average Bonchev–Trinajstić information content (AvgIpc) is 2.02. The molecule has 3 heteroatoms. The van der Waals surface area contributed by atoms with Gasteiger partial charge in [-0.2, -0.15) is 0 Å². The number of carbonyl (C=O) groups is 1. The van der Waals surface area contributed by atoms with E-state index in [1.807, 2.05) is 0 Å². The van der Waals surface area contributed by atoms with Gasteiger partial charge in [-0.15, -0.1) is 0 Å². The molecule has 2 nitrogen and oxygen atoms in total. The molecule has 0 aromatic rings. The van der Waals surface area contributed by atoms with Crippen molar-refractivity contribution < 1.29 is 9.90 Å². The Morgan fingerprint density at radius 3 is 1.33 bits per heavy atom. The molecule has 0 aliphatic carbocycles. The van der Waals surface area contributed by atoms with Gasteiger partial charge in [-0.1, -0.05) is 48.1 Å². The highest BCUT2D eigenvalue weighted by Crippen LogP contribution is 2.45. The first-order chi connectivity index (χ1) is 6.68. The van der Waals surface area contributed by atoms with Gasteiger partial charge in [0.2, 0.25) is 0 Å². The summed E-state index contributed by atoms with van der Waals surface area (Å²) in [6.07, 6.45) is 0. The summed E-state index contributed by atoms with van der Waals surface area (Å²) in [5.74, 6) is -0.808. The minimum Gasteiger partial charge on any atom is -0.478 e. The molecule has 0 aromatic carbocycles. The lowest BCUT2D eigenvalue weighted by Crippen LogP contribution is -2.48. The van der Waals surface area contributed by atoms with Gasteiger partial charge in [-0.05, 0) is 16.6 Å². The van der Waals surface area contributed by atoms with E-state index in [0.29, 0.717) is 21.8 Å². The molecular weight excluding hydrogens is 204 g/mol. The second-order valence-corrected chi connectivity index (χ2v) is 11.1. The van der Waals surface area contributed by atoms with Crippen LogP contribution in [0.15, 0.2) is 11.8 Å². The van der Waals surface area contributed by atoms with Crippen molar-refractivity contribution in [2.75, 3.05) is 0 Å². The lowest BCUT2D eigenvalue weighted by atomic mass is 10.5. The normalized spacial score (nSPS) is 12.6. The highest BCUT2D eigenvalue weighted by molar-refractivity contribution is 6.93. The molecule has 0 bridgehead atoms. The summed E-state index contributed by atoms with van der Waals surface area (Å²) < 4.78 is 0. The number of rotatable bonds is 5. The van der Waals surface area contributed by atoms with Crippen molar-refractivity contribution in [3.05, 3.63) is 11.8 Å². The monoisotopic (exact) mass is 228 g/mol. The maximum Gasteiger partial charge on any atom is 0.326 e. The zero-order valence-electron chi connectivity index (χ0n) is 10.8. The fourth-order valence-electron chi connectivity index (χ4n) is 3.23. The van der Waals surface area contributed by atoms with Crippen molar-refractivity contribution >= 4 is 14.0 Å². The molecule has 88 valence electrons. The summed E-state index contributed by atoms with van der Waals surface area (Å²) >= 11 is 0. The molecule has 0 unspecified atom stereocenters. The van der Waals surface area contributed by atoms with Crippen LogP contribution >= 0.6 is 0 Å². The zero-order chi connectivity index (χ0) is 12.4. The Kier molecular flexibility index (Phi) is 4.78. The first-order valence-corrected chi connectivity index (χ1v) is 7.84. The summed E-state index contributed by atoms with van der Waals surface area (Å²) in [7, 11) is -1.99. The molecule has 15 heavy (non-hydrogen) atoms. The number of carboxylic acid groups (broad SMARTS) is 1. The average molecular weight is 228 g/mol. The van der Waals surface area contributed by atoms with E-state index in [1.54, 1.807) is 0 Å². The van der Waals surface area contributed by atoms with Crippen LogP contribution in [0.4, 0.5) is 0 Å². The molecule has 0 heterocycles. The van der Waals surface area contributed by atoms with Crippen LogP contribution in [-0.2, 0) is 4.79 Å². The Labute approximate surface area is 94.4 Å². The zero-order valence-corrected chi connectivity index (χ0v) is 11.8. The Morgan fingerprint density at radius 1 is 1.00 bits per heavy atom. The fraction of sp³-hybridized carbons (Fsp3) is 0.750. The van der Waals surface area contributed by atoms with Crippen LogP contribution in [0.1, 0.15) is 41.5 Å². The van der Waals surface area contributed by atoms with Crippen LogP contribution in [0.5, 0.6) is 0 Å². The molecule has 0 aliphatic rings. The van der Waals surface area contributed by atoms with Gasteiger partial charge in [-0.25, -0.2) is 4.79 Å². The summed E-state index contributed by atoms with van der Waals surface area (Å²) in [6, 6.07) is 0. The van der Waals surface area contributed by atoms with Crippen molar-refractivity contribution in [3.63, 3.8) is 0 Å². The highest BCUT2D eigenvalue weighted by atomic mass is 28.3. The van der Waals surface area contributed by atoms with Crippen LogP contribution in [0.2, 0.25) is 16.6 Å². The summed E-state index contributed by atoms with van der Waals surface area (Å²) in [4.78, 5) is 11.2. The van der Waals surface area contributed by atoms with E-state index in [1.165, 1.54) is 0 Å². The molecule has 0 saturated carbocycles. The minimum atomic E-state index is -1.99. The van der Waals surface area contributed by atoms with Crippen molar-refractivity contribution in [1.82, 2.24) is 0 Å². The van der Waals surface area contributed by atoms with Gasteiger partial charge in [0.25, 0.3) is 0 Å². The molecule has 0 aliphatic heterocycles. The number of hydrogen-bond donors (Lipinski definition) is 1. The van der Waals surface area contributed by atoms with E-state index in [0.717, 1.165) is 0 Å². The molecule has 0 radical (unpaired) electrons. The molecule has 0 aromatic heterocycles. The van der Waals surface area contributed by atoms with Crippen molar-refractivity contribution in [2.45, 2.75) is 58.2 Å². The van der Waals surface area contributed by atoms with E-state index in [-0.39, 0.29) is 0 Å². The Bertz CT molecular complexity index is 233. The molecule has 0 spiro atoms. The first kappa shape index (κ1) is 14.4. The van der Waals surface area contributed by atoms with Gasteiger partial charge in [0.05, 0.1) is 0 Å². The lowest BCUT2D eigenvalue weighted by Gasteiger charge is -2.43. The van der Waals surface area contributed by atoms with Gasteiger partial charge in [0.15, 0.2) is 0 Å². The van der Waals surface area contributed by atoms with Crippen molar-refractivity contribution in [3.8, 4) is 0 Å². The molecule has 0 amide bonds. The lowest BCUT2D eigenvalue weighted by molar-refractivity contribution is -0.132. The van der Waals surface area contributed by atoms with E-state index < -0.39 is 14.0 Å². The Hall–Kier alpha value is -0.573. The fourth-order valence-corrected chi connectivity index (χ4v) is 9.69. The maximum atomic E-state index is 11.2. The third-order valence-corrected chi connectivity index (χ3v) is 10.6. The van der Waals surface area contributed by atoms with E-state index >= 15 is 0 Å². The van der Waals surface area contributed by atoms with Gasteiger partial charge in [0.1, 0.15) is 8.07 Å². The van der Waals surface area contributed by atoms with Crippen LogP contribution in [0.25, 0.3) is 0 Å². The predicted molar refractivity (Wildman–Crippen MR) is 67.8 cm³/mol. The van der Waals surface area contributed by atoms with Crippen LogP contribution < -0.4 is 0 Å².